The molecule has 0 radical (unpaired) electrons. The molecule has 0 N–H and O–H groups in total. The largest absolute Gasteiger partial charge is 0.497 e. The molecule has 1 fully saturated rings. The van der Waals surface area contributed by atoms with Gasteiger partial charge in [-0.25, -0.2) is 9.37 Å². The molecule has 0 amide bonds. The minimum atomic E-state index is -0.393. The molecule has 16 heavy (non-hydrogen) atoms. The summed E-state index contributed by atoms with van der Waals surface area (Å²) < 4.78 is 20.6. The molecule has 1 heterocycles. The average molecular weight is 241 g/mol. The number of benzene rings is 1. The van der Waals surface area contributed by atoms with E-state index in [1.165, 1.54) is 13.2 Å². The molecular weight excluding hydrogens is 231 g/mol. The molecular formula is C11H10ClFN2O. The minimum Gasteiger partial charge on any atom is -0.497 e. The molecule has 0 spiro atoms. The number of halogens is 2. The van der Waals surface area contributed by atoms with Gasteiger partial charge in [0.05, 0.1) is 12.6 Å². The fourth-order valence-electron chi connectivity index (χ4n) is 1.90. The van der Waals surface area contributed by atoms with Crippen LogP contribution < -0.4 is 4.74 Å². The van der Waals surface area contributed by atoms with Gasteiger partial charge < -0.3 is 9.30 Å². The maximum atomic E-state index is 13.7. The number of hydrogen-bond donors (Lipinski definition) is 0. The maximum absolute atomic E-state index is 13.7. The van der Waals surface area contributed by atoms with Crippen molar-refractivity contribution < 1.29 is 9.13 Å². The van der Waals surface area contributed by atoms with E-state index >= 15 is 0 Å². The number of imidazole rings is 1. The third-order valence-corrected chi connectivity index (χ3v) is 3.09. The lowest BCUT2D eigenvalue weighted by molar-refractivity contribution is 0.412. The van der Waals surface area contributed by atoms with Crippen LogP contribution in [-0.4, -0.2) is 16.7 Å². The lowest BCUT2D eigenvalue weighted by atomic mass is 10.3. The third kappa shape index (κ3) is 1.37. The smallest absolute Gasteiger partial charge is 0.204 e. The number of methoxy groups -OCH3 is 1. The lowest BCUT2D eigenvalue weighted by Crippen LogP contribution is -1.94. The molecule has 5 heteroatoms. The summed E-state index contributed by atoms with van der Waals surface area (Å²) in [7, 11) is 1.51. The summed E-state index contributed by atoms with van der Waals surface area (Å²) >= 11 is 6.01. The Bertz CT molecular complexity index is 563. The van der Waals surface area contributed by atoms with Crippen molar-refractivity contribution in [2.45, 2.75) is 18.9 Å². The Balaban J connectivity index is 2.32. The highest BCUT2D eigenvalue weighted by Crippen LogP contribution is 2.41. The second-order valence-electron chi connectivity index (χ2n) is 3.96. The van der Waals surface area contributed by atoms with E-state index in [1.54, 1.807) is 6.07 Å². The fourth-order valence-corrected chi connectivity index (χ4v) is 2.21. The Hall–Kier alpha value is -1.29. The zero-order chi connectivity index (χ0) is 11.3. The minimum absolute atomic E-state index is 0.317. The van der Waals surface area contributed by atoms with Gasteiger partial charge in [0, 0.05) is 18.2 Å². The molecule has 1 aromatic heterocycles. The second-order valence-corrected chi connectivity index (χ2v) is 4.30. The van der Waals surface area contributed by atoms with Crippen molar-refractivity contribution in [2.75, 3.05) is 7.11 Å². The van der Waals surface area contributed by atoms with Crippen LogP contribution in [0.1, 0.15) is 18.9 Å². The molecule has 0 saturated heterocycles. The Morgan fingerprint density at radius 3 is 2.88 bits per heavy atom. The van der Waals surface area contributed by atoms with Crippen LogP contribution in [0.2, 0.25) is 5.28 Å². The molecule has 1 aliphatic rings. The van der Waals surface area contributed by atoms with Crippen LogP contribution >= 0.6 is 11.6 Å². The summed E-state index contributed by atoms with van der Waals surface area (Å²) in [5.41, 5.74) is 1.03. The van der Waals surface area contributed by atoms with E-state index in [2.05, 4.69) is 4.98 Å². The molecule has 0 atom stereocenters. The topological polar surface area (TPSA) is 27.1 Å². The summed E-state index contributed by atoms with van der Waals surface area (Å²) in [5, 5.41) is 0.352. The molecule has 84 valence electrons. The van der Waals surface area contributed by atoms with Crippen LogP contribution in [0.5, 0.6) is 5.75 Å². The number of ether oxygens (including phenoxy) is 1. The number of rotatable bonds is 2. The molecule has 3 rings (SSSR count). The zero-order valence-corrected chi connectivity index (χ0v) is 9.46. The van der Waals surface area contributed by atoms with Gasteiger partial charge in [0.1, 0.15) is 11.3 Å². The summed E-state index contributed by atoms with van der Waals surface area (Å²) in [5.74, 6) is 0.0964. The van der Waals surface area contributed by atoms with Gasteiger partial charge in [-0.05, 0) is 24.4 Å². The molecule has 1 aromatic carbocycles. The number of hydrogen-bond acceptors (Lipinski definition) is 2. The van der Waals surface area contributed by atoms with E-state index < -0.39 is 5.82 Å². The maximum Gasteiger partial charge on any atom is 0.204 e. The van der Waals surface area contributed by atoms with Gasteiger partial charge in [0.2, 0.25) is 5.28 Å². The molecule has 1 aliphatic carbocycles. The quantitative estimate of drug-likeness (QED) is 0.806. The van der Waals surface area contributed by atoms with E-state index in [1.807, 2.05) is 4.57 Å². The Morgan fingerprint density at radius 2 is 2.25 bits per heavy atom. The van der Waals surface area contributed by atoms with Crippen molar-refractivity contribution in [3.05, 3.63) is 23.2 Å². The summed E-state index contributed by atoms with van der Waals surface area (Å²) in [6, 6.07) is 3.46. The number of aromatic nitrogens is 2. The van der Waals surface area contributed by atoms with Crippen LogP contribution in [0.4, 0.5) is 4.39 Å². The predicted molar refractivity (Wildman–Crippen MR) is 59.5 cm³/mol. The number of fused-ring (bicyclic) bond motifs is 1. The van der Waals surface area contributed by atoms with Gasteiger partial charge in [-0.2, -0.15) is 0 Å². The van der Waals surface area contributed by atoms with E-state index in [0.29, 0.717) is 28.1 Å². The standard InChI is InChI=1S/C11H10ClFN2O/c1-16-7-4-8(13)10-9(5-7)15(6-2-3-6)11(12)14-10/h4-6H,2-3H2,1H3. The van der Waals surface area contributed by atoms with Crippen molar-refractivity contribution in [3.8, 4) is 5.75 Å². The van der Waals surface area contributed by atoms with E-state index in [0.717, 1.165) is 12.8 Å². The zero-order valence-electron chi connectivity index (χ0n) is 8.70. The second kappa shape index (κ2) is 3.35. The monoisotopic (exact) mass is 240 g/mol. The Morgan fingerprint density at radius 1 is 1.50 bits per heavy atom. The van der Waals surface area contributed by atoms with E-state index in [9.17, 15) is 4.39 Å². The molecule has 0 unspecified atom stereocenters. The van der Waals surface area contributed by atoms with Gasteiger partial charge in [-0.3, -0.25) is 0 Å². The van der Waals surface area contributed by atoms with Gasteiger partial charge in [0.15, 0.2) is 5.82 Å². The van der Waals surface area contributed by atoms with Crippen molar-refractivity contribution >= 4 is 22.6 Å². The SMILES string of the molecule is COc1cc(F)c2nc(Cl)n(C3CC3)c2c1. The van der Waals surface area contributed by atoms with Crippen LogP contribution in [0.25, 0.3) is 11.0 Å². The molecule has 2 aromatic rings. The summed E-state index contributed by atoms with van der Waals surface area (Å²) in [4.78, 5) is 4.05. The highest BCUT2D eigenvalue weighted by Gasteiger charge is 2.28. The average Bonchev–Trinajstić information content (AvgIpc) is 3.02. The third-order valence-electron chi connectivity index (χ3n) is 2.83. The van der Waals surface area contributed by atoms with E-state index in [4.69, 9.17) is 16.3 Å². The highest BCUT2D eigenvalue weighted by molar-refractivity contribution is 6.29. The first kappa shape index (κ1) is 9.90. The van der Waals surface area contributed by atoms with Crippen molar-refractivity contribution in [1.29, 1.82) is 0 Å². The lowest BCUT2D eigenvalue weighted by Gasteiger charge is -2.04. The van der Waals surface area contributed by atoms with E-state index in [-0.39, 0.29) is 0 Å². The molecule has 1 saturated carbocycles. The first-order valence-electron chi connectivity index (χ1n) is 5.11. The van der Waals surface area contributed by atoms with Crippen molar-refractivity contribution in [3.63, 3.8) is 0 Å². The summed E-state index contributed by atoms with van der Waals surface area (Å²) in [6.45, 7) is 0. The molecule has 0 aliphatic heterocycles. The van der Waals surface area contributed by atoms with Gasteiger partial charge in [-0.1, -0.05) is 0 Å². The van der Waals surface area contributed by atoms with Crippen LogP contribution in [0.15, 0.2) is 12.1 Å². The van der Waals surface area contributed by atoms with Crippen molar-refractivity contribution in [1.82, 2.24) is 9.55 Å². The van der Waals surface area contributed by atoms with Crippen LogP contribution in [-0.2, 0) is 0 Å². The number of nitrogens with zero attached hydrogens (tertiary/aromatic N) is 2. The Labute approximate surface area is 96.8 Å². The molecule has 0 bridgehead atoms. The molecule has 3 nitrogen and oxygen atoms in total. The first-order valence-corrected chi connectivity index (χ1v) is 5.49. The first-order chi connectivity index (χ1) is 7.70. The predicted octanol–water partition coefficient (Wildman–Crippen LogP) is 3.17. The van der Waals surface area contributed by atoms with Crippen LogP contribution in [0, 0.1) is 5.82 Å². The Kier molecular flexibility index (Phi) is 2.07. The van der Waals surface area contributed by atoms with Gasteiger partial charge in [-0.15, -0.1) is 0 Å². The van der Waals surface area contributed by atoms with Gasteiger partial charge in [0.25, 0.3) is 0 Å². The normalized spacial score (nSPS) is 15.7. The van der Waals surface area contributed by atoms with Crippen molar-refractivity contribution in [2.24, 2.45) is 0 Å². The summed E-state index contributed by atoms with van der Waals surface area (Å²) in [6.07, 6.45) is 2.15. The highest BCUT2D eigenvalue weighted by atomic mass is 35.5. The van der Waals surface area contributed by atoms with Crippen LogP contribution in [0.3, 0.4) is 0 Å². The van der Waals surface area contributed by atoms with Gasteiger partial charge >= 0.3 is 0 Å². The fraction of sp³-hybridized carbons (Fsp3) is 0.364.